The van der Waals surface area contributed by atoms with E-state index in [2.05, 4.69) is 14.2 Å². The minimum Gasteiger partial charge on any atom is -0.0844 e. The van der Waals surface area contributed by atoms with Crippen LogP contribution in [0.3, 0.4) is 0 Å². The van der Waals surface area contributed by atoms with Gasteiger partial charge in [0.1, 0.15) is 7.28 Å². The van der Waals surface area contributed by atoms with Crippen LogP contribution >= 0.6 is 0 Å². The molecule has 0 aromatic heterocycles. The summed E-state index contributed by atoms with van der Waals surface area (Å²) in [6.07, 6.45) is 1.36. The molecule has 1 heteroatoms. The average molecular weight is 52.9 g/mol. The second kappa shape index (κ2) is 0.509. The summed E-state index contributed by atoms with van der Waals surface area (Å²) in [5.41, 5.74) is 0. The van der Waals surface area contributed by atoms with Crippen molar-refractivity contribution in [3.05, 3.63) is 0 Å². The summed E-state index contributed by atoms with van der Waals surface area (Å²) in [6, 6.07) is 0. The minimum atomic E-state index is 0.958. The first-order chi connectivity index (χ1) is 1.89. The Hall–Kier alpha value is 0.0649. The van der Waals surface area contributed by atoms with Gasteiger partial charge in [0.05, 0.1) is 0 Å². The first kappa shape index (κ1) is 2.31. The van der Waals surface area contributed by atoms with Gasteiger partial charge >= 0.3 is 0 Å². The van der Waals surface area contributed by atoms with Crippen LogP contribution in [0.2, 0.25) is 12.1 Å². The maximum atomic E-state index is 2.29. The lowest BCUT2D eigenvalue weighted by molar-refractivity contribution is 1.21. The zero-order valence-corrected chi connectivity index (χ0v) is 2.86. The van der Waals surface area contributed by atoms with Crippen molar-refractivity contribution >= 4 is 7.28 Å². The van der Waals surface area contributed by atoms with Gasteiger partial charge in [-0.1, -0.05) is 19.1 Å². The van der Waals surface area contributed by atoms with Gasteiger partial charge in [0.25, 0.3) is 0 Å². The van der Waals surface area contributed by atoms with E-state index in [1.807, 2.05) is 0 Å². The second-order valence-corrected chi connectivity index (χ2v) is 1.45. The van der Waals surface area contributed by atoms with E-state index in [-0.39, 0.29) is 0 Å². The van der Waals surface area contributed by atoms with Crippen LogP contribution in [-0.2, 0) is 0 Å². The molecular formula is C3H6B. The highest BCUT2D eigenvalue weighted by Gasteiger charge is 2.15. The highest BCUT2D eigenvalue weighted by atomic mass is 13.9. The van der Waals surface area contributed by atoms with Crippen LogP contribution in [0, 0.1) is 0 Å². The first-order valence-corrected chi connectivity index (χ1v) is 1.73. The summed E-state index contributed by atoms with van der Waals surface area (Å²) in [6.45, 7) is 2.22. The molecular weight excluding hydrogens is 46.8 g/mol. The lowest BCUT2D eigenvalue weighted by atomic mass is 10.0. The predicted octanol–water partition coefficient (Wildman–Crippen LogP) is 0.931. The topological polar surface area (TPSA) is 0 Å². The molecule has 0 saturated carbocycles. The third kappa shape index (κ3) is 0.249. The molecule has 0 spiro atoms. The van der Waals surface area contributed by atoms with Crippen molar-refractivity contribution in [1.82, 2.24) is 0 Å². The Kier molecular flexibility index (Phi) is 0.294. The highest BCUT2D eigenvalue weighted by Crippen LogP contribution is 2.24. The molecule has 0 nitrogen and oxygen atoms in total. The Morgan fingerprint density at radius 1 is 2.00 bits per heavy atom. The molecule has 1 radical (unpaired) electrons. The van der Waals surface area contributed by atoms with Crippen LogP contribution in [0.5, 0.6) is 0 Å². The predicted molar refractivity (Wildman–Crippen MR) is 20.0 cm³/mol. The Labute approximate surface area is 27.5 Å². The SMILES string of the molecule is C[C@H]1[B]C1. The molecule has 4 heavy (non-hydrogen) atoms. The van der Waals surface area contributed by atoms with E-state index < -0.39 is 0 Å². The molecule has 1 rings (SSSR count). The van der Waals surface area contributed by atoms with Gasteiger partial charge in [-0.25, -0.2) is 0 Å². The maximum Gasteiger partial charge on any atom is 0.111 e. The quantitative estimate of drug-likeness (QED) is 0.360. The zero-order valence-electron chi connectivity index (χ0n) is 2.86. The number of rotatable bonds is 0. The average Bonchev–Trinajstić information content (AvgIpc) is 1.75. The van der Waals surface area contributed by atoms with E-state index in [1.54, 1.807) is 0 Å². The zero-order chi connectivity index (χ0) is 2.99. The molecule has 0 amide bonds. The van der Waals surface area contributed by atoms with Crippen molar-refractivity contribution in [2.45, 2.75) is 19.1 Å². The monoisotopic (exact) mass is 53.1 g/mol. The Morgan fingerprint density at radius 2 is 2.25 bits per heavy atom. The molecule has 0 aromatic carbocycles. The van der Waals surface area contributed by atoms with Crippen molar-refractivity contribution < 1.29 is 0 Å². The van der Waals surface area contributed by atoms with E-state index in [9.17, 15) is 0 Å². The fraction of sp³-hybridized carbons (Fsp3) is 1.00. The molecule has 0 N–H and O–H groups in total. The molecule has 1 aliphatic rings. The molecule has 1 aliphatic heterocycles. The van der Waals surface area contributed by atoms with E-state index >= 15 is 0 Å². The van der Waals surface area contributed by atoms with Crippen molar-refractivity contribution in [1.29, 1.82) is 0 Å². The summed E-state index contributed by atoms with van der Waals surface area (Å²) < 4.78 is 0. The standard InChI is InChI=1S/C3H6B/c1-3-2-4-3/h3H,2H2,1H3/t3-/m1/s1. The van der Waals surface area contributed by atoms with Crippen LogP contribution in [0.1, 0.15) is 6.92 Å². The molecule has 21 valence electrons. The summed E-state index contributed by atoms with van der Waals surface area (Å²) in [4.78, 5) is 0. The van der Waals surface area contributed by atoms with Crippen molar-refractivity contribution in [3.63, 3.8) is 0 Å². The van der Waals surface area contributed by atoms with Crippen LogP contribution < -0.4 is 0 Å². The molecule has 0 bridgehead atoms. The van der Waals surface area contributed by atoms with Gasteiger partial charge in [-0.15, -0.1) is 0 Å². The highest BCUT2D eigenvalue weighted by molar-refractivity contribution is 6.50. The van der Waals surface area contributed by atoms with Gasteiger partial charge in [0, 0.05) is 0 Å². The molecule has 1 atom stereocenters. The van der Waals surface area contributed by atoms with E-state index in [1.165, 1.54) is 6.32 Å². The number of hydrogen-bond donors (Lipinski definition) is 0. The summed E-state index contributed by atoms with van der Waals surface area (Å²) >= 11 is 0. The van der Waals surface area contributed by atoms with Crippen LogP contribution in [0.15, 0.2) is 0 Å². The molecule has 1 saturated heterocycles. The fourth-order valence-electron chi connectivity index (χ4n) is 0.136. The third-order valence-electron chi connectivity index (χ3n) is 0.707. The fourth-order valence-corrected chi connectivity index (χ4v) is 0.136. The summed E-state index contributed by atoms with van der Waals surface area (Å²) in [7, 11) is 2.29. The summed E-state index contributed by atoms with van der Waals surface area (Å²) in [5.74, 6) is 0.958. The number of hydrogen-bond acceptors (Lipinski definition) is 0. The minimum absolute atomic E-state index is 0.958. The lowest BCUT2D eigenvalue weighted by Crippen LogP contribution is -1.41. The van der Waals surface area contributed by atoms with Crippen LogP contribution in [0.25, 0.3) is 0 Å². The third-order valence-corrected chi connectivity index (χ3v) is 0.707. The molecule has 0 aliphatic carbocycles. The molecule has 1 heterocycles. The van der Waals surface area contributed by atoms with Crippen molar-refractivity contribution in [3.8, 4) is 0 Å². The molecule has 0 unspecified atom stereocenters. The Bertz CT molecular complexity index is 22.5. The first-order valence-electron chi connectivity index (χ1n) is 1.73. The van der Waals surface area contributed by atoms with Gasteiger partial charge in [0.15, 0.2) is 0 Å². The molecule has 0 aromatic rings. The van der Waals surface area contributed by atoms with Gasteiger partial charge in [0.2, 0.25) is 0 Å². The van der Waals surface area contributed by atoms with Gasteiger partial charge in [-0.2, -0.15) is 0 Å². The Balaban J connectivity index is 2.17. The van der Waals surface area contributed by atoms with Gasteiger partial charge in [-0.3, -0.25) is 0 Å². The van der Waals surface area contributed by atoms with Gasteiger partial charge in [-0.05, 0) is 0 Å². The largest absolute Gasteiger partial charge is 0.111 e. The smallest absolute Gasteiger partial charge is 0.0844 e. The van der Waals surface area contributed by atoms with Crippen molar-refractivity contribution in [2.24, 2.45) is 0 Å². The lowest BCUT2D eigenvalue weighted by Gasteiger charge is -1.54. The molecule has 1 fully saturated rings. The van der Waals surface area contributed by atoms with E-state index in [0.717, 1.165) is 5.82 Å². The summed E-state index contributed by atoms with van der Waals surface area (Å²) in [5, 5.41) is 0. The Morgan fingerprint density at radius 3 is 2.25 bits per heavy atom. The van der Waals surface area contributed by atoms with E-state index in [0.29, 0.717) is 0 Å². The second-order valence-electron chi connectivity index (χ2n) is 1.45. The van der Waals surface area contributed by atoms with Crippen LogP contribution in [0.4, 0.5) is 0 Å². The van der Waals surface area contributed by atoms with Gasteiger partial charge < -0.3 is 0 Å². The van der Waals surface area contributed by atoms with E-state index in [4.69, 9.17) is 0 Å². The van der Waals surface area contributed by atoms with Crippen molar-refractivity contribution in [2.75, 3.05) is 0 Å². The normalized spacial score (nSPS) is 37.8. The maximum absolute atomic E-state index is 2.29. The van der Waals surface area contributed by atoms with Crippen LogP contribution in [-0.4, -0.2) is 7.28 Å².